The number of halogens is 1. The summed E-state index contributed by atoms with van der Waals surface area (Å²) in [4.78, 5) is 3.99. The van der Waals surface area contributed by atoms with E-state index in [1.54, 1.807) is 0 Å². The Balaban J connectivity index is 0.00000128. The molecule has 3 nitrogen and oxygen atoms in total. The molecule has 1 heterocycles. The lowest BCUT2D eigenvalue weighted by Crippen LogP contribution is -2.51. The van der Waals surface area contributed by atoms with Crippen molar-refractivity contribution in [1.29, 1.82) is 0 Å². The van der Waals surface area contributed by atoms with Crippen molar-refractivity contribution in [2.75, 3.05) is 6.61 Å². The molecule has 0 radical (unpaired) electrons. The molecule has 0 atom stereocenters. The van der Waals surface area contributed by atoms with Gasteiger partial charge in [-0.15, -0.1) is 12.4 Å². The Morgan fingerprint density at radius 2 is 2.00 bits per heavy atom. The Morgan fingerprint density at radius 3 is 2.50 bits per heavy atom. The summed E-state index contributed by atoms with van der Waals surface area (Å²) in [6, 6.07) is 4.05. The van der Waals surface area contributed by atoms with Crippen LogP contribution < -0.4 is 5.32 Å². The summed E-state index contributed by atoms with van der Waals surface area (Å²) in [6.45, 7) is 1.16. The van der Waals surface area contributed by atoms with Crippen LogP contribution in [0.4, 0.5) is 0 Å². The average molecular weight is 243 g/mol. The molecule has 0 aromatic carbocycles. The van der Waals surface area contributed by atoms with Gasteiger partial charge in [-0.25, -0.2) is 0 Å². The van der Waals surface area contributed by atoms with Gasteiger partial charge in [0.25, 0.3) is 0 Å². The molecule has 4 heteroatoms. The molecule has 0 aliphatic heterocycles. The smallest absolute Gasteiger partial charge is 0.0448 e. The van der Waals surface area contributed by atoms with Crippen LogP contribution in [0, 0.1) is 0 Å². The maximum absolute atomic E-state index is 9.01. The number of hydrogen-bond donors (Lipinski definition) is 2. The molecule has 2 N–H and O–H groups in total. The van der Waals surface area contributed by atoms with Gasteiger partial charge in [0.05, 0.1) is 0 Å². The number of aromatic nitrogens is 1. The predicted molar refractivity (Wildman–Crippen MR) is 66.6 cm³/mol. The van der Waals surface area contributed by atoms with Crippen molar-refractivity contribution in [2.45, 2.75) is 37.8 Å². The molecule has 0 unspecified atom stereocenters. The number of aliphatic hydroxyl groups excluding tert-OH is 1. The van der Waals surface area contributed by atoms with E-state index in [-0.39, 0.29) is 24.6 Å². The Labute approximate surface area is 103 Å². The number of hydrogen-bond acceptors (Lipinski definition) is 3. The molecule has 0 amide bonds. The molecule has 1 fully saturated rings. The number of aliphatic hydroxyl groups is 1. The summed E-state index contributed by atoms with van der Waals surface area (Å²) in [5.41, 5.74) is 1.46. The molecular formula is C12H19ClN2O. The van der Waals surface area contributed by atoms with Gasteiger partial charge >= 0.3 is 0 Å². The second-order valence-electron chi connectivity index (χ2n) is 4.32. The van der Waals surface area contributed by atoms with Gasteiger partial charge in [-0.05, 0) is 43.4 Å². The molecule has 1 aromatic rings. The van der Waals surface area contributed by atoms with Gasteiger partial charge < -0.3 is 10.4 Å². The van der Waals surface area contributed by atoms with Crippen LogP contribution in [0.5, 0.6) is 0 Å². The fraction of sp³-hybridized carbons (Fsp3) is 0.583. The molecule has 1 aliphatic carbocycles. The minimum atomic E-state index is 0. The van der Waals surface area contributed by atoms with Gasteiger partial charge in [-0.3, -0.25) is 4.98 Å². The van der Waals surface area contributed by atoms with Gasteiger partial charge in [0, 0.05) is 31.1 Å². The molecule has 1 saturated carbocycles. The molecule has 90 valence electrons. The van der Waals surface area contributed by atoms with E-state index in [2.05, 4.69) is 10.3 Å². The zero-order valence-corrected chi connectivity index (χ0v) is 10.2. The first-order valence-electron chi connectivity index (χ1n) is 5.59. The normalized spacial score (nSPS) is 17.3. The van der Waals surface area contributed by atoms with Crippen LogP contribution in [0.3, 0.4) is 0 Å². The van der Waals surface area contributed by atoms with Crippen molar-refractivity contribution in [3.05, 3.63) is 30.1 Å². The first kappa shape index (κ1) is 13.4. The molecule has 0 bridgehead atoms. The van der Waals surface area contributed by atoms with Gasteiger partial charge in [0.1, 0.15) is 0 Å². The highest BCUT2D eigenvalue weighted by Crippen LogP contribution is 2.34. The van der Waals surface area contributed by atoms with E-state index in [0.717, 1.165) is 13.0 Å². The first-order chi connectivity index (χ1) is 7.35. The molecule has 0 saturated heterocycles. The first-order valence-corrected chi connectivity index (χ1v) is 5.59. The van der Waals surface area contributed by atoms with Crippen LogP contribution in [0.15, 0.2) is 24.5 Å². The maximum atomic E-state index is 9.01. The third kappa shape index (κ3) is 3.17. The second kappa shape index (κ2) is 6.18. The number of pyridine rings is 1. The van der Waals surface area contributed by atoms with Crippen molar-refractivity contribution in [1.82, 2.24) is 10.3 Å². The van der Waals surface area contributed by atoms with Crippen molar-refractivity contribution in [3.8, 4) is 0 Å². The highest BCUT2D eigenvalue weighted by Gasteiger charge is 2.35. The summed E-state index contributed by atoms with van der Waals surface area (Å²) < 4.78 is 0. The highest BCUT2D eigenvalue weighted by atomic mass is 35.5. The molecular weight excluding hydrogens is 224 g/mol. The summed E-state index contributed by atoms with van der Waals surface area (Å²) in [6.07, 6.45) is 8.17. The number of nitrogens with zero attached hydrogens (tertiary/aromatic N) is 1. The number of rotatable bonds is 5. The standard InChI is InChI=1S/C12H18N2O.ClH/c15-9-6-12(4-1-5-12)14-10-11-2-7-13-8-3-11;/h2-3,7-8,14-15H,1,4-6,9-10H2;1H. The topological polar surface area (TPSA) is 45.1 Å². The minimum absolute atomic E-state index is 0. The lowest BCUT2D eigenvalue weighted by atomic mass is 9.74. The third-order valence-electron chi connectivity index (χ3n) is 3.32. The van der Waals surface area contributed by atoms with E-state index < -0.39 is 0 Å². The Kier molecular flexibility index (Phi) is 5.19. The zero-order valence-electron chi connectivity index (χ0n) is 9.35. The SMILES string of the molecule is Cl.OCCC1(NCc2ccncc2)CCC1. The molecule has 1 aliphatic rings. The molecule has 1 aromatic heterocycles. The third-order valence-corrected chi connectivity index (χ3v) is 3.32. The Morgan fingerprint density at radius 1 is 1.31 bits per heavy atom. The van der Waals surface area contributed by atoms with E-state index in [1.165, 1.54) is 24.8 Å². The van der Waals surface area contributed by atoms with Crippen molar-refractivity contribution in [3.63, 3.8) is 0 Å². The van der Waals surface area contributed by atoms with E-state index in [1.807, 2.05) is 24.5 Å². The summed E-state index contributed by atoms with van der Waals surface area (Å²) in [7, 11) is 0. The van der Waals surface area contributed by atoms with Crippen LogP contribution in [0.1, 0.15) is 31.2 Å². The van der Waals surface area contributed by atoms with Crippen LogP contribution >= 0.6 is 12.4 Å². The van der Waals surface area contributed by atoms with Crippen molar-refractivity contribution >= 4 is 12.4 Å². The van der Waals surface area contributed by atoms with E-state index >= 15 is 0 Å². The summed E-state index contributed by atoms with van der Waals surface area (Å²) in [5.74, 6) is 0. The highest BCUT2D eigenvalue weighted by molar-refractivity contribution is 5.85. The minimum Gasteiger partial charge on any atom is -0.396 e. The predicted octanol–water partition coefficient (Wildman–Crippen LogP) is 1.90. The summed E-state index contributed by atoms with van der Waals surface area (Å²) >= 11 is 0. The lowest BCUT2D eigenvalue weighted by molar-refractivity contribution is 0.130. The second-order valence-corrected chi connectivity index (χ2v) is 4.32. The maximum Gasteiger partial charge on any atom is 0.0448 e. The molecule has 0 spiro atoms. The monoisotopic (exact) mass is 242 g/mol. The van der Waals surface area contributed by atoms with Gasteiger partial charge in [0.15, 0.2) is 0 Å². The van der Waals surface area contributed by atoms with E-state index in [9.17, 15) is 0 Å². The van der Waals surface area contributed by atoms with Gasteiger partial charge in [-0.1, -0.05) is 0 Å². The van der Waals surface area contributed by atoms with Crippen molar-refractivity contribution in [2.24, 2.45) is 0 Å². The lowest BCUT2D eigenvalue weighted by Gasteiger charge is -2.42. The Hall–Kier alpha value is -0.640. The Bertz CT molecular complexity index is 301. The van der Waals surface area contributed by atoms with Crippen LogP contribution in [0.2, 0.25) is 0 Å². The van der Waals surface area contributed by atoms with Gasteiger partial charge in [0.2, 0.25) is 0 Å². The quantitative estimate of drug-likeness (QED) is 0.829. The largest absolute Gasteiger partial charge is 0.396 e. The molecule has 2 rings (SSSR count). The van der Waals surface area contributed by atoms with E-state index in [0.29, 0.717) is 0 Å². The van der Waals surface area contributed by atoms with Crippen LogP contribution in [-0.4, -0.2) is 22.2 Å². The molecule has 16 heavy (non-hydrogen) atoms. The average Bonchev–Trinajstić information content (AvgIpc) is 2.23. The summed E-state index contributed by atoms with van der Waals surface area (Å²) in [5, 5.41) is 12.6. The van der Waals surface area contributed by atoms with Gasteiger partial charge in [-0.2, -0.15) is 0 Å². The van der Waals surface area contributed by atoms with Crippen LogP contribution in [-0.2, 0) is 6.54 Å². The fourth-order valence-corrected chi connectivity index (χ4v) is 2.12. The zero-order chi connectivity index (χ0) is 10.6. The van der Waals surface area contributed by atoms with Crippen molar-refractivity contribution < 1.29 is 5.11 Å². The van der Waals surface area contributed by atoms with Crippen LogP contribution in [0.25, 0.3) is 0 Å². The number of nitrogens with one attached hydrogen (secondary N) is 1. The fourth-order valence-electron chi connectivity index (χ4n) is 2.12. The van der Waals surface area contributed by atoms with E-state index in [4.69, 9.17) is 5.11 Å².